The van der Waals surface area contributed by atoms with Gasteiger partial charge in [-0.2, -0.15) is 0 Å². The molecule has 9 rings (SSSR count). The van der Waals surface area contributed by atoms with E-state index < -0.39 is 200 Å². The molecule has 0 radical (unpaired) electrons. The molecular weight excluding hydrogens is 1080 g/mol. The lowest BCUT2D eigenvalue weighted by atomic mass is 9.33. The SMILES string of the molecule is C/C=C(/C)C(=O)O[C@@H]1C[C@]2(C)C(=CC[C@@H]3[C@@]4(C)CC[C@H](O[C@@H]5O[C@H](C(=O)O)[C@@H](O)[C@H](O[C@@H]6OC[C@H](O)[C@H](O)[C@H]6O[C@@H]6OC[C@@H](O)[C@H](O)[C@H]6O)[C@H]5O[C@@H]5O[C@H](CO)[C@H](O)[C@H](O)[C@H]5O)[C@@](C)(C=O)[C@@H]4CC[C@]32C)[C@@H]2CC(C)(C)C[C@H](O)[C@]12CO. The lowest BCUT2D eigenvalue weighted by Crippen LogP contribution is -2.70. The molecule has 466 valence electrons. The molecule has 25 heteroatoms. The number of carboxylic acids is 1. The van der Waals surface area contributed by atoms with Crippen molar-refractivity contribution in [2.45, 2.75) is 236 Å². The maximum absolute atomic E-state index is 14.2. The smallest absolute Gasteiger partial charge is 0.335 e. The van der Waals surface area contributed by atoms with Gasteiger partial charge in [0.25, 0.3) is 0 Å². The molecule has 9 aliphatic rings. The van der Waals surface area contributed by atoms with Gasteiger partial charge in [0.2, 0.25) is 0 Å². The van der Waals surface area contributed by atoms with Crippen molar-refractivity contribution in [3.63, 3.8) is 0 Å². The highest BCUT2D eigenvalue weighted by Gasteiger charge is 2.73. The van der Waals surface area contributed by atoms with E-state index in [4.69, 9.17) is 42.6 Å². The number of carboxylic acid groups (broad SMARTS) is 1. The zero-order valence-electron chi connectivity index (χ0n) is 47.8. The van der Waals surface area contributed by atoms with Crippen LogP contribution in [0.25, 0.3) is 0 Å². The highest BCUT2D eigenvalue weighted by Crippen LogP contribution is 2.76. The standard InChI is InChI=1S/C57H88O25/c1-9-24(2)47(73)77-34-18-56(8)25(26-16-52(3,4)17-32(63)57(26,34)23-60)10-11-31-53(5)14-13-33(54(6,22-59)30(53)12-15-55(31,56)7)78-51-45(82-49-40(69)38(67)37(66)29(19-58)76-49)42(41(70)43(80-51)46(71)72)79-50-44(36(65)28(62)21-75-50)81-48-39(68)35(64)27(61)20-74-48/h9-10,22,26-45,48-51,58,60-70H,11-21,23H2,1-8H3,(H,71,72)/b24-9-/t26-,27+,28-,29+,30+,31+,32-,33-,34+,35-,36-,37-,38-,39+,40+,41-,42-,43-,44+,45+,48-,49-,50-,51+,53-,54-,55+,56+,57+/m0/s1. The second-order valence-corrected chi connectivity index (χ2v) is 26.7. The number of aldehydes is 1. The summed E-state index contributed by atoms with van der Waals surface area (Å²) in [6, 6.07) is 0. The first-order valence-electron chi connectivity index (χ1n) is 28.8. The molecule has 0 unspecified atom stereocenters. The lowest BCUT2D eigenvalue weighted by molar-refractivity contribution is -0.398. The molecule has 82 heavy (non-hydrogen) atoms. The van der Waals surface area contributed by atoms with Crippen LogP contribution in [0, 0.1) is 50.2 Å². The van der Waals surface area contributed by atoms with E-state index in [2.05, 4.69) is 40.7 Å². The van der Waals surface area contributed by atoms with Crippen molar-refractivity contribution in [3.05, 3.63) is 23.3 Å². The summed E-state index contributed by atoms with van der Waals surface area (Å²) in [6.07, 6.45) is -29.0. The molecule has 5 aliphatic carbocycles. The number of allylic oxidation sites excluding steroid dienone is 3. The number of aliphatic carboxylic acids is 1. The van der Waals surface area contributed by atoms with Crippen LogP contribution >= 0.6 is 0 Å². The molecule has 0 amide bonds. The lowest BCUT2D eigenvalue weighted by Gasteiger charge is -2.72. The summed E-state index contributed by atoms with van der Waals surface area (Å²) in [7, 11) is 0. The minimum atomic E-state index is -2.26. The Labute approximate surface area is 476 Å². The molecule has 4 heterocycles. The maximum atomic E-state index is 14.2. The van der Waals surface area contributed by atoms with E-state index >= 15 is 0 Å². The highest BCUT2D eigenvalue weighted by molar-refractivity contribution is 5.87. The number of carbonyl (C=O) groups excluding carboxylic acids is 2. The predicted molar refractivity (Wildman–Crippen MR) is 278 cm³/mol. The Morgan fingerprint density at radius 1 is 0.671 bits per heavy atom. The van der Waals surface area contributed by atoms with Gasteiger partial charge in [-0.15, -0.1) is 0 Å². The number of ether oxygens (including phenoxy) is 9. The zero-order valence-corrected chi connectivity index (χ0v) is 47.8. The van der Waals surface area contributed by atoms with E-state index in [1.54, 1.807) is 26.8 Å². The fraction of sp³-hybridized carbons (Fsp3) is 0.877. The molecule has 0 aromatic heterocycles. The molecule has 29 atom stereocenters. The van der Waals surface area contributed by atoms with Crippen LogP contribution in [-0.4, -0.2) is 240 Å². The van der Waals surface area contributed by atoms with Crippen molar-refractivity contribution in [2.24, 2.45) is 50.2 Å². The molecule has 0 spiro atoms. The minimum Gasteiger partial charge on any atom is -0.479 e. The quantitative estimate of drug-likeness (QED) is 0.0308. The third kappa shape index (κ3) is 10.4. The van der Waals surface area contributed by atoms with Crippen molar-refractivity contribution >= 4 is 18.2 Å². The fourth-order valence-corrected chi connectivity index (χ4v) is 16.7. The van der Waals surface area contributed by atoms with E-state index in [-0.39, 0.29) is 23.7 Å². The number of hydrogen-bond donors (Lipinski definition) is 13. The summed E-state index contributed by atoms with van der Waals surface area (Å²) in [5.74, 6) is -3.13. The molecule has 13 N–H and O–H groups in total. The highest BCUT2D eigenvalue weighted by atomic mass is 16.8. The molecule has 8 fully saturated rings. The first-order chi connectivity index (χ1) is 38.4. The zero-order chi connectivity index (χ0) is 60.1. The number of aliphatic hydroxyl groups is 12. The first kappa shape index (κ1) is 63.8. The van der Waals surface area contributed by atoms with Gasteiger partial charge < -0.3 is 114 Å². The van der Waals surface area contributed by atoms with Crippen molar-refractivity contribution in [1.82, 2.24) is 0 Å². The van der Waals surface area contributed by atoms with Gasteiger partial charge in [0, 0.05) is 5.57 Å². The average Bonchev–Trinajstić information content (AvgIpc) is 0.742. The van der Waals surface area contributed by atoms with Gasteiger partial charge in [-0.1, -0.05) is 59.3 Å². The first-order valence-corrected chi connectivity index (χ1v) is 28.8. The van der Waals surface area contributed by atoms with Crippen LogP contribution in [0.2, 0.25) is 0 Å². The monoisotopic (exact) mass is 1170 g/mol. The van der Waals surface area contributed by atoms with Gasteiger partial charge in [-0.3, -0.25) is 0 Å². The van der Waals surface area contributed by atoms with Crippen LogP contribution in [-0.2, 0) is 57.0 Å². The van der Waals surface area contributed by atoms with E-state index in [1.165, 1.54) is 0 Å². The van der Waals surface area contributed by atoms with Crippen LogP contribution in [0.3, 0.4) is 0 Å². The van der Waals surface area contributed by atoms with E-state index in [9.17, 15) is 80.8 Å². The molecule has 25 nitrogen and oxygen atoms in total. The Hall–Kier alpha value is -2.71. The Kier molecular flexibility index (Phi) is 18.2. The van der Waals surface area contributed by atoms with Crippen LogP contribution in [0.5, 0.6) is 0 Å². The third-order valence-corrected chi connectivity index (χ3v) is 21.7. The number of fused-ring (bicyclic) bond motifs is 7. The van der Waals surface area contributed by atoms with Crippen LogP contribution in [0.1, 0.15) is 107 Å². The maximum Gasteiger partial charge on any atom is 0.335 e. The average molecular weight is 1170 g/mol. The molecule has 4 saturated heterocycles. The Morgan fingerprint density at radius 3 is 1.94 bits per heavy atom. The second kappa shape index (κ2) is 23.4. The predicted octanol–water partition coefficient (Wildman–Crippen LogP) is -1.55. The van der Waals surface area contributed by atoms with Crippen LogP contribution in [0.4, 0.5) is 0 Å². The van der Waals surface area contributed by atoms with Crippen molar-refractivity contribution < 1.29 is 123 Å². The summed E-state index contributed by atoms with van der Waals surface area (Å²) in [4.78, 5) is 41.1. The molecule has 0 aromatic carbocycles. The molecular formula is C57H88O25. The van der Waals surface area contributed by atoms with Crippen molar-refractivity contribution in [2.75, 3.05) is 26.4 Å². The normalized spacial score (nSPS) is 52.2. The fourth-order valence-electron chi connectivity index (χ4n) is 16.7. The third-order valence-electron chi connectivity index (χ3n) is 21.7. The van der Waals surface area contributed by atoms with Gasteiger partial charge in [0.05, 0.1) is 49.5 Å². The molecule has 4 aliphatic heterocycles. The van der Waals surface area contributed by atoms with E-state index in [1.807, 2.05) is 0 Å². The van der Waals surface area contributed by atoms with Crippen LogP contribution < -0.4 is 0 Å². The summed E-state index contributed by atoms with van der Waals surface area (Å²) >= 11 is 0. The summed E-state index contributed by atoms with van der Waals surface area (Å²) in [5.41, 5.74) is -3.11. The summed E-state index contributed by atoms with van der Waals surface area (Å²) in [6.45, 7) is 13.5. The van der Waals surface area contributed by atoms with Crippen molar-refractivity contribution in [1.29, 1.82) is 0 Å². The second-order valence-electron chi connectivity index (χ2n) is 26.7. The summed E-state index contributed by atoms with van der Waals surface area (Å²) < 4.78 is 54.7. The van der Waals surface area contributed by atoms with E-state index in [0.29, 0.717) is 50.5 Å². The molecule has 0 aromatic rings. The van der Waals surface area contributed by atoms with Gasteiger partial charge in [0.1, 0.15) is 91.7 Å². The number of aliphatic hydroxyl groups excluding tert-OH is 12. The van der Waals surface area contributed by atoms with E-state index in [0.717, 1.165) is 11.9 Å². The number of esters is 1. The number of hydrogen-bond acceptors (Lipinski definition) is 24. The van der Waals surface area contributed by atoms with Gasteiger partial charge >= 0.3 is 11.9 Å². The van der Waals surface area contributed by atoms with Crippen molar-refractivity contribution in [3.8, 4) is 0 Å². The summed E-state index contributed by atoms with van der Waals surface area (Å²) in [5, 5.41) is 143. The number of rotatable bonds is 14. The largest absolute Gasteiger partial charge is 0.479 e. The van der Waals surface area contributed by atoms with Gasteiger partial charge in [0.15, 0.2) is 31.3 Å². The van der Waals surface area contributed by atoms with Gasteiger partial charge in [-0.25, -0.2) is 9.59 Å². The topological polar surface area (TPSA) is 397 Å². The Bertz CT molecular complexity index is 2390. The molecule has 4 saturated carbocycles. The Morgan fingerprint density at radius 2 is 1.30 bits per heavy atom. The Balaban J connectivity index is 1.06. The van der Waals surface area contributed by atoms with Gasteiger partial charge in [-0.05, 0) is 105 Å². The minimum absolute atomic E-state index is 0.102. The molecule has 0 bridgehead atoms. The number of carbonyl (C=O) groups is 3. The van der Waals surface area contributed by atoms with Crippen LogP contribution in [0.15, 0.2) is 23.3 Å².